The lowest BCUT2D eigenvalue weighted by molar-refractivity contribution is 0.0945. The van der Waals surface area contributed by atoms with Crippen LogP contribution in [0.15, 0.2) is 54.7 Å². The van der Waals surface area contributed by atoms with Crippen LogP contribution in [-0.4, -0.2) is 25.9 Å². The Morgan fingerprint density at radius 2 is 2.03 bits per heavy atom. The van der Waals surface area contributed by atoms with Gasteiger partial charge in [-0.2, -0.15) is 10.2 Å². The number of halogens is 1. The van der Waals surface area contributed by atoms with E-state index in [0.29, 0.717) is 16.9 Å². The number of aromatic nitrogens is 4. The lowest BCUT2D eigenvalue weighted by Gasteiger charge is -2.08. The van der Waals surface area contributed by atoms with Crippen LogP contribution in [0.4, 0.5) is 10.1 Å². The number of amides is 1. The van der Waals surface area contributed by atoms with Gasteiger partial charge in [0, 0.05) is 24.0 Å². The van der Waals surface area contributed by atoms with Crippen molar-refractivity contribution in [2.45, 2.75) is 20.4 Å². The summed E-state index contributed by atoms with van der Waals surface area (Å²) in [5.41, 5.74) is 5.07. The first-order chi connectivity index (χ1) is 14.9. The molecule has 4 aromatic rings. The summed E-state index contributed by atoms with van der Waals surface area (Å²) in [6.07, 6.45) is 1.75. The average Bonchev–Trinajstić information content (AvgIpc) is 3.42. The van der Waals surface area contributed by atoms with Gasteiger partial charge in [-0.05, 0) is 49.2 Å². The van der Waals surface area contributed by atoms with Gasteiger partial charge in [0.05, 0.1) is 18.0 Å². The second kappa shape index (κ2) is 8.24. The Morgan fingerprint density at radius 3 is 2.71 bits per heavy atom. The summed E-state index contributed by atoms with van der Waals surface area (Å²) >= 11 is 0. The second-order valence-corrected chi connectivity index (χ2v) is 7.15. The molecule has 1 amide bonds. The molecule has 0 unspecified atom stereocenters. The van der Waals surface area contributed by atoms with Crippen LogP contribution in [0.1, 0.15) is 27.3 Å². The first-order valence-corrected chi connectivity index (χ1v) is 9.58. The minimum atomic E-state index is -0.440. The van der Waals surface area contributed by atoms with Crippen LogP contribution >= 0.6 is 0 Å². The van der Waals surface area contributed by atoms with E-state index in [9.17, 15) is 9.18 Å². The summed E-state index contributed by atoms with van der Waals surface area (Å²) in [6.45, 7) is 10.9. The average molecular weight is 414 g/mol. The zero-order valence-electron chi connectivity index (χ0n) is 17.0. The SMILES string of the molecule is [C-]#[N+]c1ccc(-c2ccn(-c3ccc(CNC(=O)c4cc(C)[nH]n4)c(F)c3)n2)cc1C. The number of carbonyl (C=O) groups excluding carboxylic acids is 1. The molecule has 0 saturated carbocycles. The molecular weight excluding hydrogens is 395 g/mol. The molecule has 0 aliphatic rings. The minimum absolute atomic E-state index is 0.0495. The summed E-state index contributed by atoms with van der Waals surface area (Å²) < 4.78 is 16.2. The number of rotatable bonds is 5. The molecule has 2 heterocycles. The summed E-state index contributed by atoms with van der Waals surface area (Å²) in [5, 5.41) is 13.8. The molecule has 154 valence electrons. The van der Waals surface area contributed by atoms with E-state index >= 15 is 0 Å². The van der Waals surface area contributed by atoms with Crippen molar-refractivity contribution in [1.29, 1.82) is 0 Å². The smallest absolute Gasteiger partial charge is 0.272 e. The van der Waals surface area contributed by atoms with Crippen LogP contribution in [0.25, 0.3) is 21.8 Å². The molecule has 0 radical (unpaired) electrons. The normalized spacial score (nSPS) is 10.6. The van der Waals surface area contributed by atoms with Gasteiger partial charge in [0.1, 0.15) is 11.5 Å². The first-order valence-electron chi connectivity index (χ1n) is 9.58. The fraction of sp³-hybridized carbons (Fsp3) is 0.130. The molecular formula is C23H19FN6O. The number of hydrogen-bond acceptors (Lipinski definition) is 3. The van der Waals surface area contributed by atoms with Crippen LogP contribution < -0.4 is 5.32 Å². The maximum atomic E-state index is 14.6. The van der Waals surface area contributed by atoms with Crippen LogP contribution in [0.3, 0.4) is 0 Å². The van der Waals surface area contributed by atoms with Crippen molar-refractivity contribution in [2.24, 2.45) is 0 Å². The van der Waals surface area contributed by atoms with Crippen molar-refractivity contribution < 1.29 is 9.18 Å². The molecule has 2 aromatic carbocycles. The van der Waals surface area contributed by atoms with Gasteiger partial charge in [-0.1, -0.05) is 24.3 Å². The van der Waals surface area contributed by atoms with Crippen molar-refractivity contribution in [3.8, 4) is 16.9 Å². The van der Waals surface area contributed by atoms with Gasteiger partial charge in [-0.25, -0.2) is 13.9 Å². The van der Waals surface area contributed by atoms with Crippen LogP contribution in [0, 0.1) is 26.2 Å². The van der Waals surface area contributed by atoms with E-state index in [2.05, 4.69) is 25.5 Å². The molecule has 0 aliphatic carbocycles. The van der Waals surface area contributed by atoms with E-state index < -0.39 is 5.82 Å². The number of aryl methyl sites for hydroxylation is 2. The number of carbonyl (C=O) groups is 1. The van der Waals surface area contributed by atoms with Crippen LogP contribution in [-0.2, 0) is 6.54 Å². The highest BCUT2D eigenvalue weighted by atomic mass is 19.1. The van der Waals surface area contributed by atoms with Crippen LogP contribution in [0.2, 0.25) is 0 Å². The Morgan fingerprint density at radius 1 is 1.19 bits per heavy atom. The van der Waals surface area contributed by atoms with Crippen molar-refractivity contribution >= 4 is 11.6 Å². The van der Waals surface area contributed by atoms with Gasteiger partial charge in [-0.3, -0.25) is 9.89 Å². The fourth-order valence-corrected chi connectivity index (χ4v) is 3.18. The molecule has 0 atom stereocenters. The minimum Gasteiger partial charge on any atom is -0.346 e. The monoisotopic (exact) mass is 414 g/mol. The van der Waals surface area contributed by atoms with E-state index in [1.807, 2.05) is 25.1 Å². The quantitative estimate of drug-likeness (QED) is 0.472. The number of hydrogen-bond donors (Lipinski definition) is 2. The van der Waals surface area contributed by atoms with Gasteiger partial charge < -0.3 is 5.32 Å². The highest BCUT2D eigenvalue weighted by molar-refractivity contribution is 5.92. The lowest BCUT2D eigenvalue weighted by atomic mass is 10.1. The molecule has 8 heteroatoms. The van der Waals surface area contributed by atoms with Crippen LogP contribution in [0.5, 0.6) is 0 Å². The number of nitrogens with zero attached hydrogens (tertiary/aromatic N) is 4. The molecule has 0 saturated heterocycles. The van der Waals surface area contributed by atoms with E-state index in [0.717, 1.165) is 22.5 Å². The highest BCUT2D eigenvalue weighted by Crippen LogP contribution is 2.26. The lowest BCUT2D eigenvalue weighted by Crippen LogP contribution is -2.23. The number of benzene rings is 2. The Hall–Kier alpha value is -4.25. The van der Waals surface area contributed by atoms with Gasteiger partial charge in [0.25, 0.3) is 5.91 Å². The molecule has 2 N–H and O–H groups in total. The first kappa shape index (κ1) is 20.0. The molecule has 0 spiro atoms. The van der Waals surface area contributed by atoms with E-state index in [1.165, 1.54) is 6.07 Å². The second-order valence-electron chi connectivity index (χ2n) is 7.15. The Balaban J connectivity index is 1.49. The molecule has 31 heavy (non-hydrogen) atoms. The molecule has 0 aliphatic heterocycles. The van der Waals surface area contributed by atoms with Crippen molar-refractivity contribution in [3.63, 3.8) is 0 Å². The number of H-pyrrole nitrogens is 1. The fourth-order valence-electron chi connectivity index (χ4n) is 3.18. The van der Waals surface area contributed by atoms with Crippen molar-refractivity contribution in [3.05, 3.63) is 94.5 Å². The largest absolute Gasteiger partial charge is 0.346 e. The summed E-state index contributed by atoms with van der Waals surface area (Å²) in [7, 11) is 0. The van der Waals surface area contributed by atoms with Gasteiger partial charge in [0.2, 0.25) is 0 Å². The van der Waals surface area contributed by atoms with E-state index in [-0.39, 0.29) is 18.1 Å². The number of aromatic amines is 1. The van der Waals surface area contributed by atoms with Crippen molar-refractivity contribution in [2.75, 3.05) is 0 Å². The van der Waals surface area contributed by atoms with E-state index in [4.69, 9.17) is 6.57 Å². The van der Waals surface area contributed by atoms with E-state index in [1.54, 1.807) is 42.1 Å². The highest BCUT2D eigenvalue weighted by Gasteiger charge is 2.12. The predicted octanol–water partition coefficient (Wildman–Crippen LogP) is 4.50. The van der Waals surface area contributed by atoms with Gasteiger partial charge >= 0.3 is 0 Å². The number of nitrogens with one attached hydrogen (secondary N) is 2. The van der Waals surface area contributed by atoms with Gasteiger partial charge in [-0.15, -0.1) is 0 Å². The third kappa shape index (κ3) is 4.21. The molecule has 7 nitrogen and oxygen atoms in total. The molecule has 0 bridgehead atoms. The topological polar surface area (TPSA) is 80.0 Å². The zero-order chi connectivity index (χ0) is 22.0. The van der Waals surface area contributed by atoms with Crippen molar-refractivity contribution in [1.82, 2.24) is 25.3 Å². The summed E-state index contributed by atoms with van der Waals surface area (Å²) in [5.74, 6) is -0.811. The van der Waals surface area contributed by atoms with Gasteiger partial charge in [0.15, 0.2) is 5.69 Å². The Kier molecular flexibility index (Phi) is 5.33. The maximum Gasteiger partial charge on any atom is 0.272 e. The summed E-state index contributed by atoms with van der Waals surface area (Å²) in [6, 6.07) is 13.7. The third-order valence-electron chi connectivity index (χ3n) is 4.88. The summed E-state index contributed by atoms with van der Waals surface area (Å²) in [4.78, 5) is 15.6. The maximum absolute atomic E-state index is 14.6. The predicted molar refractivity (Wildman–Crippen MR) is 114 cm³/mol. The standard InChI is InChI=1S/C23H19FN6O/c1-14-10-16(5-7-20(14)25-3)21-8-9-30(29-21)18-6-4-17(19(24)12-18)13-26-23(31)22-11-15(2)27-28-22/h4-12H,13H2,1-2H3,(H,26,31)(H,27,28). The molecule has 0 fully saturated rings. The Labute approximate surface area is 178 Å². The third-order valence-corrected chi connectivity index (χ3v) is 4.88. The zero-order valence-corrected chi connectivity index (χ0v) is 17.0. The Bertz CT molecular complexity index is 1310. The molecule has 4 rings (SSSR count). The molecule has 2 aromatic heterocycles.